The summed E-state index contributed by atoms with van der Waals surface area (Å²) in [5, 5.41) is 93.6. The number of ether oxygens (including phenoxy) is 14. The summed E-state index contributed by atoms with van der Waals surface area (Å²) >= 11 is 0. The van der Waals surface area contributed by atoms with Crippen molar-refractivity contribution < 1.29 is 126 Å². The minimum Gasteiger partial charge on any atom is -0.491 e. The van der Waals surface area contributed by atoms with Crippen molar-refractivity contribution in [3.05, 3.63) is 347 Å². The molecule has 10 aromatic rings. The monoisotopic (exact) mass is 1730 g/mol. The van der Waals surface area contributed by atoms with Crippen molar-refractivity contribution >= 4 is 11.6 Å². The zero-order valence-electron chi connectivity index (χ0n) is 69.4. The lowest BCUT2D eigenvalue weighted by Gasteiger charge is -2.50. The van der Waals surface area contributed by atoms with E-state index < -0.39 is 165 Å². The van der Waals surface area contributed by atoms with Gasteiger partial charge < -0.3 is 117 Å². The second-order valence-corrected chi connectivity index (χ2v) is 31.8. The van der Waals surface area contributed by atoms with Crippen molar-refractivity contribution in [3.63, 3.8) is 0 Å². The summed E-state index contributed by atoms with van der Waals surface area (Å²) < 4.78 is 119. The Hall–Kier alpha value is -9.55. The zero-order valence-corrected chi connectivity index (χ0v) is 69.4. The summed E-state index contributed by atoms with van der Waals surface area (Å²) in [4.78, 5) is 15.0. The average Bonchev–Trinajstić information content (AvgIpc) is 0.740. The molecule has 668 valence electrons. The van der Waals surface area contributed by atoms with Crippen molar-refractivity contribution in [2.24, 2.45) is 5.92 Å². The van der Waals surface area contributed by atoms with Crippen LogP contribution in [0.5, 0.6) is 5.75 Å². The highest BCUT2D eigenvalue weighted by molar-refractivity contribution is 6.03. The van der Waals surface area contributed by atoms with Gasteiger partial charge in [-0.05, 0) is 111 Å². The van der Waals surface area contributed by atoms with Gasteiger partial charge in [0.15, 0.2) is 12.6 Å². The van der Waals surface area contributed by atoms with Crippen molar-refractivity contribution in [2.45, 2.75) is 194 Å². The molecule has 0 aromatic heterocycles. The standard InChI is InChI=1S/C62H66O11.C37H43F2NO13/c63-36-53-56(66-39-48-26-12-3-13-27-48)59(68-41-50-30-16-5-17-31-50)58(55(71-53)45-65-38-47-24-10-2-11-25-47)73-62-61(70-43-52-34-20-7-21-35-52)60(69-42-51-32-18-6-19-33-51)57(67-40-49-28-14-4-15-29-49)54(72-62)44-64-37-46-22-8-1-9-23-46;38-20-5-1-18(2-6-20)25(43)14-13-24-29(40(36(24)49)22-9-7-21(39)8-10-22)19-3-11-23(12-4-19)50-17-28-31(45)33(47)35(27(16-42)51-28)53-37-34(48)32(46)30(44)26(15-41)52-37/h1-35,53-63H,36-45H2;1-12,24-35,37,41-48H,13-17H2/t;24-,25+,26?,27?,28?,29-,30?,31?,32?,33?,34?,35?,37?/m.1/s1. The quantitative estimate of drug-likeness (QED) is 0.0162. The lowest BCUT2D eigenvalue weighted by atomic mass is 9.78. The van der Waals surface area contributed by atoms with Crippen LogP contribution in [0.15, 0.2) is 285 Å². The Morgan fingerprint density at radius 2 is 0.714 bits per heavy atom. The second-order valence-electron chi connectivity index (χ2n) is 31.8. The van der Waals surface area contributed by atoms with Crippen molar-refractivity contribution in [1.29, 1.82) is 0 Å². The molecule has 10 aromatic carbocycles. The molecule has 1 amide bonds. The molecule has 27 heteroatoms. The van der Waals surface area contributed by atoms with E-state index in [2.05, 4.69) is 0 Å². The molecule has 0 radical (unpaired) electrons. The molecular weight excluding hydrogens is 1630 g/mol. The maximum absolute atomic E-state index is 13.7. The Bertz CT molecular complexity index is 4810. The predicted molar refractivity (Wildman–Crippen MR) is 456 cm³/mol. The fourth-order valence-corrected chi connectivity index (χ4v) is 16.3. The molecular formula is C99H109F2NO24. The number of halogens is 2. The molecule has 126 heavy (non-hydrogen) atoms. The van der Waals surface area contributed by atoms with Crippen LogP contribution in [0.1, 0.15) is 75.1 Å². The predicted octanol–water partition coefficient (Wildman–Crippen LogP) is 10.4. The SMILES string of the molecule is O=C1[C@H](CC[C@H](O)c2ccc(F)cc2)[C@@H](c2ccc(OCC3OC(CO)C(OC4OC(CO)C(O)C(O)C4O)C(O)C3O)cc2)N1c1ccc(F)cc1.OCC1OC(COCc2ccccc2)C(OC2OC(COCc3ccccc3)C(OCc3ccccc3)C(OCc3ccccc3)C2OCc2ccccc2)C(OCc2ccccc2)C1OCc1ccccc1. The van der Waals surface area contributed by atoms with Crippen LogP contribution in [0.2, 0.25) is 0 Å². The topological polar surface area (TPSA) is 332 Å². The summed E-state index contributed by atoms with van der Waals surface area (Å²) in [6.07, 6.45) is -23.9. The number of hydrogen-bond donors (Lipinski definition) is 9. The van der Waals surface area contributed by atoms with Crippen molar-refractivity contribution in [3.8, 4) is 5.75 Å². The molecule has 5 heterocycles. The number of nitrogens with zero attached hydrogens (tertiary/aromatic N) is 1. The number of carbonyl (C=O) groups excluding carboxylic acids is 1. The molecule has 9 N–H and O–H groups in total. The van der Waals surface area contributed by atoms with Gasteiger partial charge in [0.25, 0.3) is 0 Å². The summed E-state index contributed by atoms with van der Waals surface area (Å²) in [6, 6.07) is 87.3. The van der Waals surface area contributed by atoms with Crippen molar-refractivity contribution in [1.82, 2.24) is 0 Å². The Balaban J connectivity index is 0.000000215. The number of carbonyl (C=O) groups is 1. The van der Waals surface area contributed by atoms with Gasteiger partial charge in [0.1, 0.15) is 134 Å². The van der Waals surface area contributed by atoms with Crippen LogP contribution < -0.4 is 9.64 Å². The maximum Gasteiger partial charge on any atom is 0.233 e. The lowest BCUT2D eigenvalue weighted by Crippen LogP contribution is -2.66. The van der Waals surface area contributed by atoms with E-state index in [1.165, 1.54) is 48.5 Å². The molecule has 0 aliphatic carbocycles. The van der Waals surface area contributed by atoms with Gasteiger partial charge in [-0.15, -0.1) is 0 Å². The molecule has 20 unspecified atom stereocenters. The largest absolute Gasteiger partial charge is 0.491 e. The van der Waals surface area contributed by atoms with Crippen molar-refractivity contribution in [2.75, 3.05) is 44.5 Å². The highest BCUT2D eigenvalue weighted by Crippen LogP contribution is 2.47. The van der Waals surface area contributed by atoms with Gasteiger partial charge in [0, 0.05) is 5.69 Å². The second kappa shape index (κ2) is 46.4. The Labute approximate surface area is 730 Å². The van der Waals surface area contributed by atoms with Crippen LogP contribution >= 0.6 is 0 Å². The van der Waals surface area contributed by atoms with E-state index in [4.69, 9.17) is 66.3 Å². The van der Waals surface area contributed by atoms with E-state index in [1.807, 2.05) is 212 Å². The zero-order chi connectivity index (χ0) is 87.7. The molecule has 23 atom stereocenters. The average molecular weight is 1730 g/mol. The van der Waals surface area contributed by atoms with Gasteiger partial charge in [0.05, 0.1) is 97.3 Å². The van der Waals surface area contributed by atoms with Gasteiger partial charge in [-0.1, -0.05) is 237 Å². The third-order valence-electron chi connectivity index (χ3n) is 23.1. The van der Waals surface area contributed by atoms with Gasteiger partial charge >= 0.3 is 0 Å². The van der Waals surface area contributed by atoms with Gasteiger partial charge in [-0.3, -0.25) is 4.79 Å². The highest BCUT2D eigenvalue weighted by atomic mass is 19.1. The highest BCUT2D eigenvalue weighted by Gasteiger charge is 2.56. The van der Waals surface area contributed by atoms with Crippen LogP contribution in [0.4, 0.5) is 14.5 Å². The molecule has 15 rings (SSSR count). The first-order valence-electron chi connectivity index (χ1n) is 42.5. The molecule has 25 nitrogen and oxygen atoms in total. The van der Waals surface area contributed by atoms with Gasteiger partial charge in [-0.2, -0.15) is 0 Å². The van der Waals surface area contributed by atoms with Gasteiger partial charge in [0.2, 0.25) is 5.91 Å². The number of rotatable bonds is 39. The van der Waals surface area contributed by atoms with E-state index in [0.717, 1.165) is 44.5 Å². The van der Waals surface area contributed by atoms with E-state index >= 15 is 0 Å². The van der Waals surface area contributed by atoms with Crippen LogP contribution in [-0.2, 0) is 113 Å². The number of aliphatic hydroxyl groups excluding tert-OH is 9. The molecule has 5 fully saturated rings. The van der Waals surface area contributed by atoms with E-state index in [0.29, 0.717) is 36.6 Å². The Kier molecular flexibility index (Phi) is 34.1. The first-order chi connectivity index (χ1) is 61.6. The number of β-lactam (4-membered cyclic amide) rings is 1. The molecule has 0 saturated carbocycles. The first-order valence-corrected chi connectivity index (χ1v) is 42.5. The number of anilines is 1. The van der Waals surface area contributed by atoms with Crippen LogP contribution in [0.25, 0.3) is 0 Å². The molecule has 5 saturated heterocycles. The maximum atomic E-state index is 13.7. The van der Waals surface area contributed by atoms with Crippen LogP contribution in [-0.4, -0.2) is 214 Å². The number of amides is 1. The Morgan fingerprint density at radius 3 is 1.17 bits per heavy atom. The molecule has 5 aliphatic heterocycles. The van der Waals surface area contributed by atoms with Gasteiger partial charge in [-0.25, -0.2) is 8.78 Å². The summed E-state index contributed by atoms with van der Waals surface area (Å²) in [7, 11) is 0. The lowest BCUT2D eigenvalue weighted by molar-refractivity contribution is -0.364. The minimum atomic E-state index is -1.79. The first kappa shape index (κ1) is 92.6. The Morgan fingerprint density at radius 1 is 0.341 bits per heavy atom. The minimum absolute atomic E-state index is 0.0925. The fourth-order valence-electron chi connectivity index (χ4n) is 16.3. The van der Waals surface area contributed by atoms with E-state index in [9.17, 15) is 59.5 Å². The van der Waals surface area contributed by atoms with Crippen LogP contribution in [0, 0.1) is 17.6 Å². The third kappa shape index (κ3) is 24.5. The van der Waals surface area contributed by atoms with Crippen LogP contribution in [0.3, 0.4) is 0 Å². The molecule has 0 bridgehead atoms. The third-order valence-corrected chi connectivity index (χ3v) is 23.1. The summed E-state index contributed by atoms with van der Waals surface area (Å²) in [5.74, 6) is -1.28. The smallest absolute Gasteiger partial charge is 0.233 e. The number of aliphatic hydroxyl groups is 9. The van der Waals surface area contributed by atoms with E-state index in [-0.39, 0.29) is 71.8 Å². The summed E-state index contributed by atoms with van der Waals surface area (Å²) in [5.41, 5.74) is 8.58. The molecule has 0 spiro atoms. The fraction of sp³-hybridized carbons (Fsp3) is 0.384. The molecule has 5 aliphatic rings. The van der Waals surface area contributed by atoms with E-state index in [1.54, 1.807) is 29.2 Å². The number of benzene rings is 10. The normalized spacial score (nSPS) is 28.1. The summed E-state index contributed by atoms with van der Waals surface area (Å²) in [6.45, 7) is 0.0738. The number of hydrogen-bond acceptors (Lipinski definition) is 24.